The largest absolute Gasteiger partial charge is 0.378 e. The average molecular weight is 391 g/mol. The van der Waals surface area contributed by atoms with Crippen LogP contribution in [-0.4, -0.2) is 40.6 Å². The summed E-state index contributed by atoms with van der Waals surface area (Å²) in [6.45, 7) is 2.23. The molecule has 0 unspecified atom stereocenters. The van der Waals surface area contributed by atoms with E-state index in [9.17, 15) is 17.6 Å². The van der Waals surface area contributed by atoms with Gasteiger partial charge in [0.15, 0.2) is 0 Å². The molecule has 0 aromatic heterocycles. The maximum atomic E-state index is 13.8. The van der Waals surface area contributed by atoms with E-state index in [2.05, 4.69) is 10.0 Å². The molecule has 142 valence electrons. The summed E-state index contributed by atoms with van der Waals surface area (Å²) < 4.78 is 47.3. The second kappa shape index (κ2) is 6.82. The number of fused-ring (bicyclic) bond motifs is 1. The zero-order valence-corrected chi connectivity index (χ0v) is 15.2. The van der Waals surface area contributed by atoms with Gasteiger partial charge in [-0.1, -0.05) is 0 Å². The molecule has 4 rings (SSSR count). The molecular weight excluding hydrogens is 373 g/mol. The van der Waals surface area contributed by atoms with E-state index in [1.165, 1.54) is 24.3 Å². The third-order valence-electron chi connectivity index (χ3n) is 4.57. The lowest BCUT2D eigenvalue weighted by atomic mass is 10.2. The topological polar surface area (TPSA) is 87.7 Å². The molecule has 2 aromatic carbocycles. The third-order valence-corrected chi connectivity index (χ3v) is 5.93. The van der Waals surface area contributed by atoms with Gasteiger partial charge in [0.25, 0.3) is 10.0 Å². The molecule has 0 spiro atoms. The molecule has 2 aliphatic heterocycles. The Labute approximate surface area is 156 Å². The van der Waals surface area contributed by atoms with E-state index < -0.39 is 15.8 Å². The molecule has 0 bridgehead atoms. The Morgan fingerprint density at radius 3 is 2.67 bits per heavy atom. The molecule has 2 N–H and O–H groups in total. The van der Waals surface area contributed by atoms with Gasteiger partial charge in [-0.05, 0) is 35.9 Å². The van der Waals surface area contributed by atoms with Gasteiger partial charge in [-0.15, -0.1) is 0 Å². The van der Waals surface area contributed by atoms with Crippen molar-refractivity contribution < 1.29 is 22.3 Å². The predicted molar refractivity (Wildman–Crippen MR) is 99.0 cm³/mol. The van der Waals surface area contributed by atoms with Crippen LogP contribution < -0.4 is 14.9 Å². The molecule has 2 aromatic rings. The fourth-order valence-corrected chi connectivity index (χ4v) is 4.36. The van der Waals surface area contributed by atoms with Crippen LogP contribution in [0.5, 0.6) is 0 Å². The number of rotatable bonds is 4. The minimum absolute atomic E-state index is 0.0231. The van der Waals surface area contributed by atoms with E-state index in [1.54, 1.807) is 12.1 Å². The molecule has 1 fully saturated rings. The summed E-state index contributed by atoms with van der Waals surface area (Å²) in [4.78, 5) is 13.4. The Kier molecular flexibility index (Phi) is 4.48. The van der Waals surface area contributed by atoms with Gasteiger partial charge in [0.2, 0.25) is 5.91 Å². The number of nitrogens with zero attached hydrogens (tertiary/aromatic N) is 1. The van der Waals surface area contributed by atoms with Crippen LogP contribution in [0.4, 0.5) is 21.5 Å². The summed E-state index contributed by atoms with van der Waals surface area (Å²) in [5, 5.41) is 2.66. The molecule has 0 aliphatic carbocycles. The van der Waals surface area contributed by atoms with Crippen LogP contribution in [0.3, 0.4) is 0 Å². The average Bonchev–Trinajstić information content (AvgIpc) is 3.01. The van der Waals surface area contributed by atoms with Gasteiger partial charge in [-0.25, -0.2) is 12.8 Å². The lowest BCUT2D eigenvalue weighted by Crippen LogP contribution is -2.36. The van der Waals surface area contributed by atoms with Crippen molar-refractivity contribution in [2.24, 2.45) is 0 Å². The predicted octanol–water partition coefficient (Wildman–Crippen LogP) is 1.96. The first-order chi connectivity index (χ1) is 12.9. The van der Waals surface area contributed by atoms with Crippen molar-refractivity contribution in [1.29, 1.82) is 0 Å². The van der Waals surface area contributed by atoms with Crippen LogP contribution >= 0.6 is 0 Å². The van der Waals surface area contributed by atoms with Crippen molar-refractivity contribution in [1.82, 2.24) is 0 Å². The van der Waals surface area contributed by atoms with Crippen molar-refractivity contribution in [3.05, 3.63) is 47.8 Å². The van der Waals surface area contributed by atoms with Crippen LogP contribution in [0, 0.1) is 5.82 Å². The number of hydrogen-bond acceptors (Lipinski definition) is 5. The molecule has 0 atom stereocenters. The second-order valence-electron chi connectivity index (χ2n) is 6.41. The number of halogens is 1. The number of amides is 1. The molecule has 2 heterocycles. The zero-order valence-electron chi connectivity index (χ0n) is 14.4. The molecule has 7 nitrogen and oxygen atoms in total. The van der Waals surface area contributed by atoms with Gasteiger partial charge in [0, 0.05) is 24.8 Å². The minimum atomic E-state index is -3.94. The number of carbonyl (C=O) groups is 1. The fraction of sp³-hybridized carbons (Fsp3) is 0.278. The van der Waals surface area contributed by atoms with Crippen molar-refractivity contribution in [2.45, 2.75) is 11.3 Å². The van der Waals surface area contributed by atoms with Crippen molar-refractivity contribution in [3.63, 3.8) is 0 Å². The molecule has 2 aliphatic rings. The first kappa shape index (κ1) is 17.7. The Morgan fingerprint density at radius 2 is 1.89 bits per heavy atom. The van der Waals surface area contributed by atoms with Crippen molar-refractivity contribution in [3.8, 4) is 0 Å². The van der Waals surface area contributed by atoms with Gasteiger partial charge in [0.1, 0.15) is 5.82 Å². The summed E-state index contributed by atoms with van der Waals surface area (Å²) in [7, 11) is -3.94. The number of ether oxygens (including phenoxy) is 1. The molecular formula is C18H18FN3O4S. The maximum absolute atomic E-state index is 13.8. The first-order valence-electron chi connectivity index (χ1n) is 8.50. The molecule has 0 saturated carbocycles. The third kappa shape index (κ3) is 3.60. The molecule has 1 saturated heterocycles. The van der Waals surface area contributed by atoms with Gasteiger partial charge in [-0.2, -0.15) is 0 Å². The maximum Gasteiger partial charge on any atom is 0.261 e. The van der Waals surface area contributed by atoms with Gasteiger partial charge in [-0.3, -0.25) is 9.52 Å². The van der Waals surface area contributed by atoms with Gasteiger partial charge < -0.3 is 15.0 Å². The summed E-state index contributed by atoms with van der Waals surface area (Å²) in [5.74, 6) is -0.708. The van der Waals surface area contributed by atoms with Crippen LogP contribution in [0.25, 0.3) is 0 Å². The van der Waals surface area contributed by atoms with Crippen molar-refractivity contribution in [2.75, 3.05) is 41.2 Å². The number of sulfonamides is 1. The normalized spacial score (nSPS) is 16.8. The zero-order chi connectivity index (χ0) is 19.0. The number of nitrogens with one attached hydrogen (secondary N) is 2. The van der Waals surface area contributed by atoms with E-state index in [1.807, 2.05) is 4.90 Å². The summed E-state index contributed by atoms with van der Waals surface area (Å²) in [6.07, 6.45) is 0.137. The second-order valence-corrected chi connectivity index (χ2v) is 8.09. The molecule has 0 radical (unpaired) electrons. The quantitative estimate of drug-likeness (QED) is 0.832. The Balaban J connectivity index is 1.66. The van der Waals surface area contributed by atoms with E-state index in [-0.39, 0.29) is 22.9 Å². The Morgan fingerprint density at radius 1 is 1.11 bits per heavy atom. The van der Waals surface area contributed by atoms with E-state index in [4.69, 9.17) is 4.74 Å². The highest BCUT2D eigenvalue weighted by atomic mass is 32.2. The number of benzene rings is 2. The Hall–Kier alpha value is -2.65. The highest BCUT2D eigenvalue weighted by Gasteiger charge is 2.24. The minimum Gasteiger partial charge on any atom is -0.378 e. The Bertz CT molecular complexity index is 1000. The lowest BCUT2D eigenvalue weighted by Gasteiger charge is -2.30. The lowest BCUT2D eigenvalue weighted by molar-refractivity contribution is -0.115. The standard InChI is InChI=1S/C18H18FN3O4S/c19-13-1-4-17(22-5-7-26-8-6-22)16(11-13)21-27(24,25)14-2-3-15-12(9-14)10-18(23)20-15/h1-4,9,11,21H,5-8,10H2,(H,20,23). The molecule has 27 heavy (non-hydrogen) atoms. The van der Waals surface area contributed by atoms with E-state index >= 15 is 0 Å². The summed E-state index contributed by atoms with van der Waals surface area (Å²) in [6, 6.07) is 8.47. The van der Waals surface area contributed by atoms with Gasteiger partial charge in [0.05, 0.1) is 35.9 Å². The van der Waals surface area contributed by atoms with Crippen LogP contribution in [0.1, 0.15) is 5.56 Å². The van der Waals surface area contributed by atoms with Crippen molar-refractivity contribution >= 4 is 33.0 Å². The number of anilines is 3. The highest BCUT2D eigenvalue weighted by molar-refractivity contribution is 7.92. The smallest absolute Gasteiger partial charge is 0.261 e. The van der Waals surface area contributed by atoms with Crippen LogP contribution in [0.15, 0.2) is 41.3 Å². The number of hydrogen-bond donors (Lipinski definition) is 2. The van der Waals surface area contributed by atoms with E-state index in [0.717, 1.165) is 0 Å². The number of carbonyl (C=O) groups excluding carboxylic acids is 1. The molecule has 1 amide bonds. The summed E-state index contributed by atoms with van der Waals surface area (Å²) >= 11 is 0. The van der Waals surface area contributed by atoms with Gasteiger partial charge >= 0.3 is 0 Å². The SMILES string of the molecule is O=C1Cc2cc(S(=O)(=O)Nc3cc(F)ccc3N3CCOCC3)ccc2N1. The molecule has 9 heteroatoms. The first-order valence-corrected chi connectivity index (χ1v) is 9.98. The monoisotopic (exact) mass is 391 g/mol. The highest BCUT2D eigenvalue weighted by Crippen LogP contribution is 2.31. The van der Waals surface area contributed by atoms with Crippen LogP contribution in [-0.2, 0) is 26.0 Å². The van der Waals surface area contributed by atoms with E-state index in [0.29, 0.717) is 43.2 Å². The number of morpholine rings is 1. The fourth-order valence-electron chi connectivity index (χ4n) is 3.25. The van der Waals surface area contributed by atoms with Crippen LogP contribution in [0.2, 0.25) is 0 Å². The summed E-state index contributed by atoms with van der Waals surface area (Å²) in [5.41, 5.74) is 2.00.